The Balaban J connectivity index is 0.00000182. The van der Waals surface area contributed by atoms with Crippen molar-refractivity contribution in [1.29, 1.82) is 5.26 Å². The van der Waals surface area contributed by atoms with Crippen LogP contribution < -0.4 is 4.74 Å². The summed E-state index contributed by atoms with van der Waals surface area (Å²) >= 11 is 0. The number of furan rings is 1. The van der Waals surface area contributed by atoms with Crippen molar-refractivity contribution >= 4 is 23.2 Å². The van der Waals surface area contributed by atoms with Gasteiger partial charge in [-0.15, -0.1) is 12.4 Å². The van der Waals surface area contributed by atoms with Crippen molar-refractivity contribution < 1.29 is 9.15 Å². The second kappa shape index (κ2) is 7.18. The second-order valence-corrected chi connectivity index (χ2v) is 6.20. The lowest BCUT2D eigenvalue weighted by molar-refractivity contribution is 0.185. The second-order valence-electron chi connectivity index (χ2n) is 6.20. The van der Waals surface area contributed by atoms with Crippen LogP contribution in [0.2, 0.25) is 0 Å². The topological polar surface area (TPSA) is 49.4 Å². The number of rotatable bonds is 2. The Hall–Kier alpha value is -2.48. The minimum absolute atomic E-state index is 0. The molecule has 4 rings (SSSR count). The molecule has 0 amide bonds. The zero-order valence-electron chi connectivity index (χ0n) is 13.9. The Kier molecular flexibility index (Phi) is 4.98. The van der Waals surface area contributed by atoms with Crippen LogP contribution in [-0.4, -0.2) is 18.5 Å². The van der Waals surface area contributed by atoms with Gasteiger partial charge in [-0.1, -0.05) is 24.3 Å². The SMILES string of the molecule is CN1CCC(Oc2ccc(C#N)c3ccccc23)c2ccoc2C1.Cl. The first kappa shape index (κ1) is 17.3. The van der Waals surface area contributed by atoms with E-state index in [1.165, 1.54) is 0 Å². The van der Waals surface area contributed by atoms with Crippen LogP contribution in [-0.2, 0) is 6.54 Å². The average molecular weight is 355 g/mol. The van der Waals surface area contributed by atoms with Crippen LogP contribution in [0.3, 0.4) is 0 Å². The third kappa shape index (κ3) is 3.21. The summed E-state index contributed by atoms with van der Waals surface area (Å²) in [5.74, 6) is 1.78. The Morgan fingerprint density at radius 1 is 1.16 bits per heavy atom. The number of hydrogen-bond acceptors (Lipinski definition) is 4. The highest BCUT2D eigenvalue weighted by molar-refractivity contribution is 5.92. The molecule has 5 heteroatoms. The predicted octanol–water partition coefficient (Wildman–Crippen LogP) is 4.68. The van der Waals surface area contributed by atoms with Crippen molar-refractivity contribution in [2.45, 2.75) is 19.1 Å². The summed E-state index contributed by atoms with van der Waals surface area (Å²) in [4.78, 5) is 2.24. The molecule has 1 aliphatic heterocycles. The summed E-state index contributed by atoms with van der Waals surface area (Å²) in [7, 11) is 2.09. The molecule has 0 radical (unpaired) electrons. The van der Waals surface area contributed by atoms with E-state index in [4.69, 9.17) is 9.15 Å². The fourth-order valence-electron chi connectivity index (χ4n) is 3.33. The third-order valence-corrected chi connectivity index (χ3v) is 4.59. The third-order valence-electron chi connectivity index (χ3n) is 4.59. The number of nitrogens with zero attached hydrogens (tertiary/aromatic N) is 2. The van der Waals surface area contributed by atoms with Crippen molar-refractivity contribution in [2.75, 3.05) is 13.6 Å². The lowest BCUT2D eigenvalue weighted by atomic mass is 10.0. The lowest BCUT2D eigenvalue weighted by Gasteiger charge is -2.19. The molecule has 0 aliphatic carbocycles. The number of hydrogen-bond donors (Lipinski definition) is 0. The molecule has 0 bridgehead atoms. The quantitative estimate of drug-likeness (QED) is 0.670. The van der Waals surface area contributed by atoms with Crippen LogP contribution in [0.5, 0.6) is 5.75 Å². The van der Waals surface area contributed by atoms with Crippen molar-refractivity contribution in [3.05, 3.63) is 65.6 Å². The Morgan fingerprint density at radius 2 is 1.96 bits per heavy atom. The highest BCUT2D eigenvalue weighted by Gasteiger charge is 2.25. The largest absolute Gasteiger partial charge is 0.485 e. The zero-order chi connectivity index (χ0) is 16.5. The normalized spacial score (nSPS) is 17.2. The molecule has 3 aromatic rings. The van der Waals surface area contributed by atoms with Crippen LogP contribution in [0.1, 0.15) is 29.4 Å². The molecule has 1 aromatic heterocycles. The van der Waals surface area contributed by atoms with Crippen LogP contribution in [0.25, 0.3) is 10.8 Å². The van der Waals surface area contributed by atoms with Gasteiger partial charge in [-0.25, -0.2) is 0 Å². The highest BCUT2D eigenvalue weighted by atomic mass is 35.5. The molecule has 2 aromatic carbocycles. The molecule has 2 heterocycles. The van der Waals surface area contributed by atoms with Crippen LogP contribution in [0.15, 0.2) is 53.1 Å². The standard InChI is InChI=1S/C20H18N2O2.ClH/c1-22-10-8-19(17-9-11-23-20(17)13-22)24-18-7-6-14(12-21)15-4-2-3-5-16(15)18;/h2-7,9,11,19H,8,10,13H2,1H3;1H. The highest BCUT2D eigenvalue weighted by Crippen LogP contribution is 2.35. The molecular weight excluding hydrogens is 336 g/mol. The van der Waals surface area contributed by atoms with Gasteiger partial charge in [0.1, 0.15) is 17.6 Å². The molecular formula is C20H19ClN2O2. The Labute approximate surface area is 153 Å². The van der Waals surface area contributed by atoms with Gasteiger partial charge in [0.15, 0.2) is 0 Å². The molecule has 1 unspecified atom stereocenters. The van der Waals surface area contributed by atoms with Gasteiger partial charge in [0.2, 0.25) is 0 Å². The average Bonchev–Trinajstić information content (AvgIpc) is 3.01. The number of nitriles is 1. The maximum Gasteiger partial charge on any atom is 0.128 e. The molecule has 128 valence electrons. The zero-order valence-corrected chi connectivity index (χ0v) is 14.8. The number of fused-ring (bicyclic) bond motifs is 2. The number of benzene rings is 2. The molecule has 0 spiro atoms. The maximum atomic E-state index is 9.31. The fraction of sp³-hybridized carbons (Fsp3) is 0.250. The summed E-state index contributed by atoms with van der Waals surface area (Å²) in [6.07, 6.45) is 2.59. The lowest BCUT2D eigenvalue weighted by Crippen LogP contribution is -2.18. The monoisotopic (exact) mass is 354 g/mol. The Morgan fingerprint density at radius 3 is 2.76 bits per heavy atom. The first-order chi connectivity index (χ1) is 11.8. The summed E-state index contributed by atoms with van der Waals surface area (Å²) < 4.78 is 12.0. The van der Waals surface area contributed by atoms with Crippen LogP contribution in [0, 0.1) is 11.3 Å². The first-order valence-corrected chi connectivity index (χ1v) is 8.09. The van der Waals surface area contributed by atoms with E-state index in [0.717, 1.165) is 47.4 Å². The van der Waals surface area contributed by atoms with E-state index in [1.54, 1.807) is 6.26 Å². The van der Waals surface area contributed by atoms with Gasteiger partial charge < -0.3 is 9.15 Å². The van der Waals surface area contributed by atoms with Gasteiger partial charge in [0.25, 0.3) is 0 Å². The van der Waals surface area contributed by atoms with Crippen molar-refractivity contribution in [1.82, 2.24) is 4.90 Å². The van der Waals surface area contributed by atoms with Gasteiger partial charge in [-0.05, 0) is 25.2 Å². The molecule has 0 N–H and O–H groups in total. The molecule has 0 saturated heterocycles. The van der Waals surface area contributed by atoms with Gasteiger partial charge in [0, 0.05) is 29.3 Å². The van der Waals surface area contributed by atoms with Crippen molar-refractivity contribution in [2.24, 2.45) is 0 Å². The maximum absolute atomic E-state index is 9.31. The van der Waals surface area contributed by atoms with Gasteiger partial charge >= 0.3 is 0 Å². The van der Waals surface area contributed by atoms with E-state index in [-0.39, 0.29) is 18.5 Å². The molecule has 4 nitrogen and oxygen atoms in total. The van der Waals surface area contributed by atoms with Crippen molar-refractivity contribution in [3.63, 3.8) is 0 Å². The van der Waals surface area contributed by atoms with Gasteiger partial charge in [0.05, 0.1) is 24.4 Å². The minimum atomic E-state index is -0.0416. The fourth-order valence-corrected chi connectivity index (χ4v) is 3.33. The predicted molar refractivity (Wildman–Crippen MR) is 98.9 cm³/mol. The molecule has 25 heavy (non-hydrogen) atoms. The summed E-state index contributed by atoms with van der Waals surface area (Å²) in [6.45, 7) is 1.75. The smallest absolute Gasteiger partial charge is 0.128 e. The molecule has 0 fully saturated rings. The number of ether oxygens (including phenoxy) is 1. The van der Waals surface area contributed by atoms with Gasteiger partial charge in [-0.3, -0.25) is 4.90 Å². The first-order valence-electron chi connectivity index (χ1n) is 8.09. The Bertz CT molecular complexity index is 929. The van der Waals surface area contributed by atoms with Crippen LogP contribution in [0.4, 0.5) is 0 Å². The molecule has 1 atom stereocenters. The summed E-state index contributed by atoms with van der Waals surface area (Å²) in [5.41, 5.74) is 1.79. The van der Waals surface area contributed by atoms with Crippen molar-refractivity contribution in [3.8, 4) is 11.8 Å². The van der Waals surface area contributed by atoms with E-state index in [1.807, 2.05) is 42.5 Å². The van der Waals surface area contributed by atoms with Gasteiger partial charge in [-0.2, -0.15) is 5.26 Å². The molecule has 0 saturated carbocycles. The van der Waals surface area contributed by atoms with E-state index in [9.17, 15) is 5.26 Å². The van der Waals surface area contributed by atoms with E-state index in [2.05, 4.69) is 18.0 Å². The number of halogens is 1. The summed E-state index contributed by atoms with van der Waals surface area (Å²) in [5, 5.41) is 11.2. The van der Waals surface area contributed by atoms with E-state index < -0.39 is 0 Å². The minimum Gasteiger partial charge on any atom is -0.485 e. The summed E-state index contributed by atoms with van der Waals surface area (Å²) in [6, 6.07) is 15.9. The molecule has 1 aliphatic rings. The van der Waals surface area contributed by atoms with E-state index in [0.29, 0.717) is 5.56 Å². The van der Waals surface area contributed by atoms with Crippen LogP contribution >= 0.6 is 12.4 Å². The van der Waals surface area contributed by atoms with E-state index >= 15 is 0 Å².